The summed E-state index contributed by atoms with van der Waals surface area (Å²) < 4.78 is 5.56. The number of aryl methyl sites for hydroxylation is 1. The number of nitrogens with one attached hydrogen (secondary N) is 2. The monoisotopic (exact) mass is 354 g/mol. The van der Waals surface area contributed by atoms with Crippen LogP contribution in [0.1, 0.15) is 54.1 Å². The average Bonchev–Trinajstić information content (AvgIpc) is 3.15. The van der Waals surface area contributed by atoms with Gasteiger partial charge in [0.2, 0.25) is 5.95 Å². The lowest BCUT2D eigenvalue weighted by atomic mass is 9.98. The summed E-state index contributed by atoms with van der Waals surface area (Å²) in [6, 6.07) is 6.05. The van der Waals surface area contributed by atoms with Crippen molar-refractivity contribution in [3.63, 3.8) is 0 Å². The zero-order chi connectivity index (χ0) is 18.5. The van der Waals surface area contributed by atoms with E-state index in [1.807, 2.05) is 25.1 Å². The van der Waals surface area contributed by atoms with Crippen LogP contribution in [0.25, 0.3) is 0 Å². The predicted molar refractivity (Wildman–Crippen MR) is 103 cm³/mol. The van der Waals surface area contributed by atoms with E-state index in [1.54, 1.807) is 12.4 Å². The summed E-state index contributed by atoms with van der Waals surface area (Å²) in [5.41, 5.74) is 3.47. The molecule has 1 aromatic heterocycles. The van der Waals surface area contributed by atoms with E-state index in [2.05, 4.69) is 34.4 Å². The lowest BCUT2D eigenvalue weighted by Gasteiger charge is -2.16. The fraction of sp³-hybridized carbons (Fsp3) is 0.450. The molecule has 1 atom stereocenters. The lowest BCUT2D eigenvalue weighted by Crippen LogP contribution is -2.20. The van der Waals surface area contributed by atoms with Gasteiger partial charge in [-0.1, -0.05) is 32.0 Å². The Hall–Kier alpha value is -2.47. The Labute approximate surface area is 154 Å². The van der Waals surface area contributed by atoms with Gasteiger partial charge in [0, 0.05) is 31.2 Å². The minimum atomic E-state index is -0.202. The summed E-state index contributed by atoms with van der Waals surface area (Å²) in [5.74, 6) is 0.633. The number of carbonyl (C=O) groups is 1. The lowest BCUT2D eigenvalue weighted by molar-refractivity contribution is 0.102. The quantitative estimate of drug-likeness (QED) is 0.826. The Morgan fingerprint density at radius 2 is 2.08 bits per heavy atom. The molecule has 0 spiro atoms. The molecule has 3 rings (SSSR count). The fourth-order valence-corrected chi connectivity index (χ4v) is 3.08. The Kier molecular flexibility index (Phi) is 5.83. The van der Waals surface area contributed by atoms with Crippen LogP contribution in [0, 0.1) is 6.92 Å². The highest BCUT2D eigenvalue weighted by Gasteiger charge is 2.16. The molecular formula is C20H26N4O2. The highest BCUT2D eigenvalue weighted by molar-refractivity contribution is 6.04. The molecule has 0 saturated carbocycles. The van der Waals surface area contributed by atoms with Crippen LogP contribution in [-0.2, 0) is 4.74 Å². The number of benzene rings is 1. The smallest absolute Gasteiger partial charge is 0.258 e. The highest BCUT2D eigenvalue weighted by Crippen LogP contribution is 2.27. The zero-order valence-corrected chi connectivity index (χ0v) is 15.6. The molecular weight excluding hydrogens is 328 g/mol. The minimum Gasteiger partial charge on any atom is -0.376 e. The van der Waals surface area contributed by atoms with E-state index in [1.165, 1.54) is 0 Å². The van der Waals surface area contributed by atoms with E-state index >= 15 is 0 Å². The molecule has 1 aromatic carbocycles. The van der Waals surface area contributed by atoms with Crippen molar-refractivity contribution in [1.82, 2.24) is 9.97 Å². The maximum atomic E-state index is 12.6. The second-order valence-electron chi connectivity index (χ2n) is 6.96. The van der Waals surface area contributed by atoms with Crippen molar-refractivity contribution in [2.45, 2.75) is 45.6 Å². The molecule has 26 heavy (non-hydrogen) atoms. The third kappa shape index (κ3) is 4.38. The van der Waals surface area contributed by atoms with Crippen molar-refractivity contribution in [3.05, 3.63) is 47.3 Å². The van der Waals surface area contributed by atoms with Crippen LogP contribution in [0.5, 0.6) is 0 Å². The number of nitrogens with zero attached hydrogens (tertiary/aromatic N) is 2. The topological polar surface area (TPSA) is 76.1 Å². The van der Waals surface area contributed by atoms with Gasteiger partial charge in [-0.15, -0.1) is 0 Å². The SMILES string of the molecule is Cc1cccc(C(C)C)c1NC(=O)c1cnc(NCC2CCCO2)nc1. The number of hydrogen-bond donors (Lipinski definition) is 2. The van der Waals surface area contributed by atoms with Crippen molar-refractivity contribution in [3.8, 4) is 0 Å². The number of amides is 1. The number of carbonyl (C=O) groups excluding carboxylic acids is 1. The third-order valence-corrected chi connectivity index (χ3v) is 4.59. The number of rotatable bonds is 6. The van der Waals surface area contributed by atoms with Crippen LogP contribution in [0.2, 0.25) is 0 Å². The molecule has 1 amide bonds. The summed E-state index contributed by atoms with van der Waals surface area (Å²) >= 11 is 0. The molecule has 0 radical (unpaired) electrons. The average molecular weight is 354 g/mol. The molecule has 1 saturated heterocycles. The van der Waals surface area contributed by atoms with E-state index in [0.717, 1.165) is 36.3 Å². The van der Waals surface area contributed by atoms with Crippen molar-refractivity contribution in [2.75, 3.05) is 23.8 Å². The van der Waals surface area contributed by atoms with Crippen molar-refractivity contribution in [2.24, 2.45) is 0 Å². The van der Waals surface area contributed by atoms with Gasteiger partial charge in [0.1, 0.15) is 0 Å². The van der Waals surface area contributed by atoms with E-state index < -0.39 is 0 Å². The van der Waals surface area contributed by atoms with Crippen LogP contribution < -0.4 is 10.6 Å². The van der Waals surface area contributed by atoms with E-state index in [4.69, 9.17) is 4.74 Å². The molecule has 6 heteroatoms. The molecule has 2 N–H and O–H groups in total. The second-order valence-corrected chi connectivity index (χ2v) is 6.96. The highest BCUT2D eigenvalue weighted by atomic mass is 16.5. The molecule has 138 valence electrons. The van der Waals surface area contributed by atoms with Gasteiger partial charge in [-0.05, 0) is 36.8 Å². The number of hydrogen-bond acceptors (Lipinski definition) is 5. The summed E-state index contributed by atoms with van der Waals surface area (Å²) in [4.78, 5) is 21.1. The summed E-state index contributed by atoms with van der Waals surface area (Å²) in [6.07, 6.45) is 5.48. The number of ether oxygens (including phenoxy) is 1. The minimum absolute atomic E-state index is 0.202. The normalized spacial score (nSPS) is 16.7. The van der Waals surface area contributed by atoms with Gasteiger partial charge in [-0.2, -0.15) is 0 Å². The summed E-state index contributed by atoms with van der Waals surface area (Å²) in [5, 5.41) is 6.17. The predicted octanol–water partition coefficient (Wildman–Crippen LogP) is 3.75. The molecule has 1 aliphatic heterocycles. The maximum Gasteiger partial charge on any atom is 0.258 e. The Bertz CT molecular complexity index is 753. The van der Waals surface area contributed by atoms with E-state index in [0.29, 0.717) is 24.0 Å². The second kappa shape index (κ2) is 8.27. The maximum absolute atomic E-state index is 12.6. The molecule has 1 aliphatic rings. The van der Waals surface area contributed by atoms with Gasteiger partial charge in [-0.25, -0.2) is 9.97 Å². The van der Waals surface area contributed by atoms with Crippen LogP contribution in [0.4, 0.5) is 11.6 Å². The molecule has 1 unspecified atom stereocenters. The molecule has 2 aromatic rings. The Morgan fingerprint density at radius 3 is 2.73 bits per heavy atom. The molecule has 0 bridgehead atoms. The van der Waals surface area contributed by atoms with Gasteiger partial charge < -0.3 is 15.4 Å². The largest absolute Gasteiger partial charge is 0.376 e. The molecule has 0 aliphatic carbocycles. The van der Waals surface area contributed by atoms with Crippen LogP contribution in [0.15, 0.2) is 30.6 Å². The van der Waals surface area contributed by atoms with Crippen LogP contribution in [0.3, 0.4) is 0 Å². The summed E-state index contributed by atoms with van der Waals surface area (Å²) in [7, 11) is 0. The van der Waals surface area contributed by atoms with Gasteiger partial charge in [-0.3, -0.25) is 4.79 Å². The number of para-hydroxylation sites is 1. The standard InChI is InChI=1S/C20H26N4O2/c1-13(2)17-8-4-6-14(3)18(17)24-19(25)15-10-21-20(22-11-15)23-12-16-7-5-9-26-16/h4,6,8,10-11,13,16H,5,7,9,12H2,1-3H3,(H,24,25)(H,21,22,23). The van der Waals surface area contributed by atoms with Gasteiger partial charge >= 0.3 is 0 Å². The number of anilines is 2. The van der Waals surface area contributed by atoms with Crippen molar-refractivity contribution in [1.29, 1.82) is 0 Å². The van der Waals surface area contributed by atoms with Gasteiger partial charge in [0.15, 0.2) is 0 Å². The summed E-state index contributed by atoms with van der Waals surface area (Å²) in [6.45, 7) is 7.73. The first-order valence-electron chi connectivity index (χ1n) is 9.13. The van der Waals surface area contributed by atoms with E-state index in [-0.39, 0.29) is 12.0 Å². The van der Waals surface area contributed by atoms with Crippen LogP contribution in [-0.4, -0.2) is 35.1 Å². The molecule has 2 heterocycles. The van der Waals surface area contributed by atoms with Crippen molar-refractivity contribution < 1.29 is 9.53 Å². The zero-order valence-electron chi connectivity index (χ0n) is 15.6. The van der Waals surface area contributed by atoms with Crippen LogP contribution >= 0.6 is 0 Å². The van der Waals surface area contributed by atoms with E-state index in [9.17, 15) is 4.79 Å². The van der Waals surface area contributed by atoms with Gasteiger partial charge in [0.25, 0.3) is 5.91 Å². The molecule has 6 nitrogen and oxygen atoms in total. The number of aromatic nitrogens is 2. The third-order valence-electron chi connectivity index (χ3n) is 4.59. The first-order chi connectivity index (χ1) is 12.5. The van der Waals surface area contributed by atoms with Gasteiger partial charge in [0.05, 0.1) is 11.7 Å². The first-order valence-corrected chi connectivity index (χ1v) is 9.13. The Morgan fingerprint density at radius 1 is 1.31 bits per heavy atom. The molecule has 1 fully saturated rings. The van der Waals surface area contributed by atoms with Crippen molar-refractivity contribution >= 4 is 17.5 Å². The Balaban J connectivity index is 1.65. The first kappa shape index (κ1) is 18.3. The fourth-order valence-electron chi connectivity index (χ4n) is 3.08.